The molecule has 0 saturated heterocycles. The van der Waals surface area contributed by atoms with Crippen molar-refractivity contribution in [3.8, 4) is 5.75 Å². The van der Waals surface area contributed by atoms with Crippen LogP contribution in [0.1, 0.15) is 17.5 Å². The largest absolute Gasteiger partial charge is 0.494 e. The first kappa shape index (κ1) is 14.9. The van der Waals surface area contributed by atoms with Gasteiger partial charge in [0.25, 0.3) is 0 Å². The average Bonchev–Trinajstić information content (AvgIpc) is 2.48. The lowest BCUT2D eigenvalue weighted by molar-refractivity contribution is 0.318. The Bertz CT molecular complexity index is 525. The van der Waals surface area contributed by atoms with Crippen LogP contribution >= 0.6 is 11.8 Å². The van der Waals surface area contributed by atoms with Crippen LogP contribution in [0.25, 0.3) is 0 Å². The molecule has 2 nitrogen and oxygen atoms in total. The highest BCUT2D eigenvalue weighted by molar-refractivity contribution is 7.99. The van der Waals surface area contributed by atoms with E-state index in [4.69, 9.17) is 10.5 Å². The summed E-state index contributed by atoms with van der Waals surface area (Å²) in [5.41, 5.74) is 8.01. The van der Waals surface area contributed by atoms with Gasteiger partial charge in [-0.2, -0.15) is 0 Å². The van der Waals surface area contributed by atoms with E-state index in [9.17, 15) is 0 Å². The SMILES string of the molecule is Cc1cccc(SCCCOc2ccc(CN)cc2)c1. The van der Waals surface area contributed by atoms with E-state index in [1.165, 1.54) is 10.5 Å². The Labute approximate surface area is 125 Å². The Morgan fingerprint density at radius 3 is 2.60 bits per heavy atom. The predicted octanol–water partition coefficient (Wildman–Crippen LogP) is 4.01. The molecule has 2 aromatic carbocycles. The molecule has 0 amide bonds. The topological polar surface area (TPSA) is 35.2 Å². The van der Waals surface area contributed by atoms with Crippen LogP contribution in [0.2, 0.25) is 0 Å². The van der Waals surface area contributed by atoms with Crippen LogP contribution in [0.3, 0.4) is 0 Å². The van der Waals surface area contributed by atoms with Gasteiger partial charge in [0.05, 0.1) is 6.61 Å². The number of nitrogens with two attached hydrogens (primary N) is 1. The summed E-state index contributed by atoms with van der Waals surface area (Å²) in [7, 11) is 0. The van der Waals surface area contributed by atoms with E-state index in [1.807, 2.05) is 36.0 Å². The van der Waals surface area contributed by atoms with Crippen LogP contribution in [0.5, 0.6) is 5.75 Å². The minimum Gasteiger partial charge on any atom is -0.494 e. The lowest BCUT2D eigenvalue weighted by atomic mass is 10.2. The zero-order valence-electron chi connectivity index (χ0n) is 11.8. The Morgan fingerprint density at radius 1 is 1.10 bits per heavy atom. The van der Waals surface area contributed by atoms with Gasteiger partial charge in [0.2, 0.25) is 0 Å². The number of aryl methyl sites for hydroxylation is 1. The molecular formula is C17H21NOS. The van der Waals surface area contributed by atoms with Crippen LogP contribution in [-0.2, 0) is 6.54 Å². The van der Waals surface area contributed by atoms with Gasteiger partial charge >= 0.3 is 0 Å². The number of hydrogen-bond donors (Lipinski definition) is 1. The van der Waals surface area contributed by atoms with Gasteiger partial charge in [-0.25, -0.2) is 0 Å². The maximum atomic E-state index is 5.71. The first-order valence-electron chi connectivity index (χ1n) is 6.89. The molecule has 0 fully saturated rings. The third-order valence-electron chi connectivity index (χ3n) is 2.97. The second kappa shape index (κ2) is 7.98. The van der Waals surface area contributed by atoms with Gasteiger partial charge in [-0.15, -0.1) is 11.8 Å². The molecule has 0 saturated carbocycles. The van der Waals surface area contributed by atoms with Crippen molar-refractivity contribution in [2.75, 3.05) is 12.4 Å². The molecule has 0 aliphatic heterocycles. The molecule has 0 aliphatic carbocycles. The van der Waals surface area contributed by atoms with E-state index in [0.29, 0.717) is 6.54 Å². The molecule has 0 atom stereocenters. The van der Waals surface area contributed by atoms with Gasteiger partial charge < -0.3 is 10.5 Å². The van der Waals surface area contributed by atoms with Crippen LogP contribution in [0.4, 0.5) is 0 Å². The van der Waals surface area contributed by atoms with Crippen LogP contribution in [-0.4, -0.2) is 12.4 Å². The lowest BCUT2D eigenvalue weighted by Gasteiger charge is -2.07. The van der Waals surface area contributed by atoms with Crippen molar-refractivity contribution in [3.63, 3.8) is 0 Å². The number of hydrogen-bond acceptors (Lipinski definition) is 3. The summed E-state index contributed by atoms with van der Waals surface area (Å²) >= 11 is 1.88. The number of rotatable bonds is 7. The van der Waals surface area contributed by atoms with Crippen molar-refractivity contribution in [1.82, 2.24) is 0 Å². The Balaban J connectivity index is 1.66. The summed E-state index contributed by atoms with van der Waals surface area (Å²) in [6, 6.07) is 16.6. The molecule has 0 spiro atoms. The van der Waals surface area contributed by atoms with Gasteiger partial charge in [-0.1, -0.05) is 29.8 Å². The van der Waals surface area contributed by atoms with Gasteiger partial charge in [0, 0.05) is 17.2 Å². The molecule has 0 aliphatic rings. The first-order valence-corrected chi connectivity index (χ1v) is 7.88. The second-order valence-electron chi connectivity index (χ2n) is 4.72. The van der Waals surface area contributed by atoms with E-state index >= 15 is 0 Å². The van der Waals surface area contributed by atoms with E-state index in [1.54, 1.807) is 0 Å². The minimum atomic E-state index is 0.577. The Morgan fingerprint density at radius 2 is 1.90 bits per heavy atom. The summed E-state index contributed by atoms with van der Waals surface area (Å²) in [6.07, 6.45) is 1.04. The van der Waals surface area contributed by atoms with Gasteiger partial charge in [0.1, 0.15) is 5.75 Å². The molecule has 0 aromatic heterocycles. The lowest BCUT2D eigenvalue weighted by Crippen LogP contribution is -2.00. The molecule has 0 radical (unpaired) electrons. The van der Waals surface area contributed by atoms with E-state index < -0.39 is 0 Å². The summed E-state index contributed by atoms with van der Waals surface area (Å²) in [6.45, 7) is 3.45. The third-order valence-corrected chi connectivity index (χ3v) is 4.05. The molecular weight excluding hydrogens is 266 g/mol. The first-order chi connectivity index (χ1) is 9.78. The summed E-state index contributed by atoms with van der Waals surface area (Å²) in [5, 5.41) is 0. The average molecular weight is 287 g/mol. The van der Waals surface area contributed by atoms with Crippen LogP contribution < -0.4 is 10.5 Å². The quantitative estimate of drug-likeness (QED) is 0.617. The predicted molar refractivity (Wildman–Crippen MR) is 86.3 cm³/mol. The molecule has 0 unspecified atom stereocenters. The van der Waals surface area contributed by atoms with Gasteiger partial charge in [-0.3, -0.25) is 0 Å². The molecule has 2 rings (SSSR count). The molecule has 3 heteroatoms. The zero-order chi connectivity index (χ0) is 14.2. The highest BCUT2D eigenvalue weighted by Gasteiger charge is 1.97. The van der Waals surface area contributed by atoms with E-state index in [-0.39, 0.29) is 0 Å². The third kappa shape index (κ3) is 4.91. The van der Waals surface area contributed by atoms with E-state index in [2.05, 4.69) is 31.2 Å². The zero-order valence-corrected chi connectivity index (χ0v) is 12.7. The summed E-state index contributed by atoms with van der Waals surface area (Å²) in [5.74, 6) is 1.99. The fourth-order valence-corrected chi connectivity index (χ4v) is 2.81. The van der Waals surface area contributed by atoms with Crippen molar-refractivity contribution >= 4 is 11.8 Å². The summed E-state index contributed by atoms with van der Waals surface area (Å²) < 4.78 is 5.71. The minimum absolute atomic E-state index is 0.577. The van der Waals surface area contributed by atoms with Crippen LogP contribution in [0.15, 0.2) is 53.4 Å². The number of ether oxygens (including phenoxy) is 1. The monoisotopic (exact) mass is 287 g/mol. The van der Waals surface area contributed by atoms with E-state index in [0.717, 1.165) is 30.1 Å². The smallest absolute Gasteiger partial charge is 0.119 e. The van der Waals surface area contributed by atoms with Crippen molar-refractivity contribution in [2.45, 2.75) is 24.8 Å². The van der Waals surface area contributed by atoms with Crippen molar-refractivity contribution < 1.29 is 4.74 Å². The molecule has 20 heavy (non-hydrogen) atoms. The Kier molecular flexibility index (Phi) is 5.96. The maximum absolute atomic E-state index is 5.71. The molecule has 106 valence electrons. The summed E-state index contributed by atoms with van der Waals surface area (Å²) in [4.78, 5) is 1.33. The number of benzene rings is 2. The standard InChI is InChI=1S/C17H21NOS/c1-14-4-2-5-17(12-14)20-11-3-10-19-16-8-6-15(13-18)7-9-16/h2,4-9,12H,3,10-11,13,18H2,1H3. The Hall–Kier alpha value is -1.45. The fraction of sp³-hybridized carbons (Fsp3) is 0.294. The van der Waals surface area contributed by atoms with Gasteiger partial charge in [-0.05, 0) is 43.2 Å². The highest BCUT2D eigenvalue weighted by atomic mass is 32.2. The molecule has 0 bridgehead atoms. The number of thioether (sulfide) groups is 1. The van der Waals surface area contributed by atoms with Gasteiger partial charge in [0.15, 0.2) is 0 Å². The molecule has 0 heterocycles. The second-order valence-corrected chi connectivity index (χ2v) is 5.88. The van der Waals surface area contributed by atoms with Crippen molar-refractivity contribution in [3.05, 3.63) is 59.7 Å². The van der Waals surface area contributed by atoms with Crippen molar-refractivity contribution in [2.24, 2.45) is 5.73 Å². The molecule has 2 aromatic rings. The normalized spacial score (nSPS) is 10.5. The maximum Gasteiger partial charge on any atom is 0.119 e. The highest BCUT2D eigenvalue weighted by Crippen LogP contribution is 2.20. The van der Waals surface area contributed by atoms with Crippen molar-refractivity contribution in [1.29, 1.82) is 0 Å². The van der Waals surface area contributed by atoms with Crippen LogP contribution in [0, 0.1) is 6.92 Å². The fourth-order valence-electron chi connectivity index (χ4n) is 1.87. The molecule has 2 N–H and O–H groups in total.